The molecule has 2 aromatic rings. The van der Waals surface area contributed by atoms with E-state index in [-0.39, 0.29) is 16.7 Å². The van der Waals surface area contributed by atoms with Crippen LogP contribution in [0.4, 0.5) is 0 Å². The molecule has 0 aromatic carbocycles. The van der Waals surface area contributed by atoms with Crippen molar-refractivity contribution in [3.8, 4) is 0 Å². The largest absolute Gasteiger partial charge is 0.361 e. The van der Waals surface area contributed by atoms with Crippen molar-refractivity contribution in [3.63, 3.8) is 0 Å². The zero-order valence-corrected chi connectivity index (χ0v) is 14.3. The molecule has 1 aliphatic carbocycles. The Kier molecular flexibility index (Phi) is 3.63. The van der Waals surface area contributed by atoms with Gasteiger partial charge in [-0.05, 0) is 23.3 Å². The first-order valence-electron chi connectivity index (χ1n) is 7.64. The summed E-state index contributed by atoms with van der Waals surface area (Å²) in [5, 5.41) is 9.10. The number of nitrogens with one attached hydrogen (secondary N) is 1. The summed E-state index contributed by atoms with van der Waals surface area (Å²) in [7, 11) is 0. The van der Waals surface area contributed by atoms with Crippen LogP contribution >= 0.6 is 11.3 Å². The summed E-state index contributed by atoms with van der Waals surface area (Å²) in [5.41, 5.74) is 0.400. The van der Waals surface area contributed by atoms with E-state index in [0.29, 0.717) is 12.5 Å². The predicted octanol–water partition coefficient (Wildman–Crippen LogP) is 3.84. The second-order valence-corrected chi connectivity index (χ2v) is 7.95. The maximum absolute atomic E-state index is 12.8. The third-order valence-corrected chi connectivity index (χ3v) is 5.67. The van der Waals surface area contributed by atoms with Crippen molar-refractivity contribution in [2.24, 2.45) is 5.41 Å². The number of hydrogen-bond acceptors (Lipinski definition) is 4. The molecule has 1 aliphatic rings. The van der Waals surface area contributed by atoms with Crippen LogP contribution in [-0.2, 0) is 16.8 Å². The molecule has 0 radical (unpaired) electrons. The summed E-state index contributed by atoms with van der Waals surface area (Å²) in [6, 6.07) is 5.99. The molecule has 4 nitrogen and oxygen atoms in total. The standard InChI is InChI=1S/C17H22N2O2S/c1-11(2)13-8-12(19-21-13)9-18-15(20)17(10-16(17,3)4)14-6-5-7-22-14/h5-8,11H,9-10H2,1-4H3,(H,18,20). The van der Waals surface area contributed by atoms with Gasteiger partial charge in [0.2, 0.25) is 5.91 Å². The maximum Gasteiger partial charge on any atom is 0.232 e. The molecule has 118 valence electrons. The molecule has 22 heavy (non-hydrogen) atoms. The molecule has 0 saturated heterocycles. The van der Waals surface area contributed by atoms with Gasteiger partial charge in [0.15, 0.2) is 0 Å². The van der Waals surface area contributed by atoms with Crippen molar-refractivity contribution in [2.75, 3.05) is 0 Å². The Morgan fingerprint density at radius 2 is 2.23 bits per heavy atom. The van der Waals surface area contributed by atoms with Crippen LogP contribution in [0.5, 0.6) is 0 Å². The Bertz CT molecular complexity index is 673. The molecule has 3 rings (SSSR count). The van der Waals surface area contributed by atoms with E-state index in [4.69, 9.17) is 4.52 Å². The Morgan fingerprint density at radius 3 is 2.73 bits per heavy atom. The summed E-state index contributed by atoms with van der Waals surface area (Å²) in [6.45, 7) is 8.83. The van der Waals surface area contributed by atoms with Crippen molar-refractivity contribution in [2.45, 2.75) is 52.0 Å². The Labute approximate surface area is 134 Å². The van der Waals surface area contributed by atoms with Crippen molar-refractivity contribution >= 4 is 17.2 Å². The third-order valence-electron chi connectivity index (χ3n) is 4.64. The third kappa shape index (κ3) is 2.37. The number of thiophene rings is 1. The fourth-order valence-electron chi connectivity index (χ4n) is 3.07. The van der Waals surface area contributed by atoms with Gasteiger partial charge in [0.25, 0.3) is 0 Å². The first kappa shape index (κ1) is 15.3. The number of amides is 1. The van der Waals surface area contributed by atoms with Crippen molar-refractivity contribution < 1.29 is 9.32 Å². The average Bonchev–Trinajstić information content (AvgIpc) is 2.93. The summed E-state index contributed by atoms with van der Waals surface area (Å²) < 4.78 is 5.27. The van der Waals surface area contributed by atoms with Crippen molar-refractivity contribution in [1.29, 1.82) is 0 Å². The number of aromatic nitrogens is 1. The molecule has 5 heteroatoms. The molecular formula is C17H22N2O2S. The van der Waals surface area contributed by atoms with Crippen LogP contribution in [0, 0.1) is 5.41 Å². The van der Waals surface area contributed by atoms with Crippen molar-refractivity contribution in [1.82, 2.24) is 10.5 Å². The minimum atomic E-state index is -0.383. The Balaban J connectivity index is 1.71. The van der Waals surface area contributed by atoms with Crippen LogP contribution in [-0.4, -0.2) is 11.1 Å². The lowest BCUT2D eigenvalue weighted by Crippen LogP contribution is -2.37. The van der Waals surface area contributed by atoms with Crippen LogP contribution in [0.3, 0.4) is 0 Å². The molecule has 1 amide bonds. The SMILES string of the molecule is CC(C)c1cc(CNC(=O)C2(c3cccs3)CC2(C)C)no1. The van der Waals surface area contributed by atoms with Gasteiger partial charge < -0.3 is 9.84 Å². The van der Waals surface area contributed by atoms with E-state index in [0.717, 1.165) is 22.8 Å². The van der Waals surface area contributed by atoms with Gasteiger partial charge in [-0.15, -0.1) is 11.3 Å². The first-order chi connectivity index (χ1) is 10.4. The van der Waals surface area contributed by atoms with Gasteiger partial charge in [-0.2, -0.15) is 0 Å². The lowest BCUT2D eigenvalue weighted by molar-refractivity contribution is -0.124. The van der Waals surface area contributed by atoms with Crippen LogP contribution < -0.4 is 5.32 Å². The van der Waals surface area contributed by atoms with Gasteiger partial charge in [-0.3, -0.25) is 4.79 Å². The number of rotatable bonds is 5. The highest BCUT2D eigenvalue weighted by Gasteiger charge is 2.67. The minimum absolute atomic E-state index is 0.00878. The van der Waals surface area contributed by atoms with E-state index in [1.54, 1.807) is 11.3 Å². The number of nitrogens with zero attached hydrogens (tertiary/aromatic N) is 1. The highest BCUT2D eigenvalue weighted by atomic mass is 32.1. The first-order valence-corrected chi connectivity index (χ1v) is 8.52. The van der Waals surface area contributed by atoms with Crippen LogP contribution in [0.25, 0.3) is 0 Å². The quantitative estimate of drug-likeness (QED) is 0.911. The van der Waals surface area contributed by atoms with E-state index in [1.807, 2.05) is 17.5 Å². The molecule has 1 fully saturated rings. The molecule has 0 spiro atoms. The van der Waals surface area contributed by atoms with Gasteiger partial charge in [-0.25, -0.2) is 0 Å². The molecule has 0 aliphatic heterocycles. The molecule has 1 atom stereocenters. The lowest BCUT2D eigenvalue weighted by Gasteiger charge is -2.18. The highest BCUT2D eigenvalue weighted by molar-refractivity contribution is 7.10. The molecule has 1 unspecified atom stereocenters. The molecule has 2 heterocycles. The second-order valence-electron chi connectivity index (χ2n) is 7.00. The Hall–Kier alpha value is -1.62. The van der Waals surface area contributed by atoms with E-state index in [1.165, 1.54) is 0 Å². The van der Waals surface area contributed by atoms with Gasteiger partial charge in [0.05, 0.1) is 12.0 Å². The predicted molar refractivity (Wildman–Crippen MR) is 86.8 cm³/mol. The maximum atomic E-state index is 12.8. The van der Waals surface area contributed by atoms with Crippen LogP contribution in [0.1, 0.15) is 56.4 Å². The van der Waals surface area contributed by atoms with Gasteiger partial charge in [-0.1, -0.05) is 38.9 Å². The second kappa shape index (κ2) is 5.23. The Morgan fingerprint density at radius 1 is 1.50 bits per heavy atom. The fourth-order valence-corrected chi connectivity index (χ4v) is 4.17. The van der Waals surface area contributed by atoms with Gasteiger partial charge in [0, 0.05) is 16.9 Å². The highest BCUT2D eigenvalue weighted by Crippen LogP contribution is 2.65. The number of carbonyl (C=O) groups is 1. The molecular weight excluding hydrogens is 296 g/mol. The normalized spacial score (nSPS) is 22.8. The van der Waals surface area contributed by atoms with E-state index >= 15 is 0 Å². The molecule has 2 aromatic heterocycles. The van der Waals surface area contributed by atoms with E-state index < -0.39 is 0 Å². The summed E-state index contributed by atoms with van der Waals surface area (Å²) in [5.74, 6) is 1.25. The zero-order chi connectivity index (χ0) is 16.0. The van der Waals surface area contributed by atoms with Gasteiger partial charge in [0.1, 0.15) is 11.5 Å². The molecule has 1 N–H and O–H groups in total. The fraction of sp³-hybridized carbons (Fsp3) is 0.529. The van der Waals surface area contributed by atoms with E-state index in [9.17, 15) is 4.79 Å². The molecule has 0 bridgehead atoms. The van der Waals surface area contributed by atoms with Crippen LogP contribution in [0.2, 0.25) is 0 Å². The van der Waals surface area contributed by atoms with E-state index in [2.05, 4.69) is 44.2 Å². The van der Waals surface area contributed by atoms with Crippen molar-refractivity contribution in [3.05, 3.63) is 39.9 Å². The molecule has 1 saturated carbocycles. The monoisotopic (exact) mass is 318 g/mol. The number of carbonyl (C=O) groups excluding carboxylic acids is 1. The topological polar surface area (TPSA) is 55.1 Å². The average molecular weight is 318 g/mol. The number of hydrogen-bond donors (Lipinski definition) is 1. The summed E-state index contributed by atoms with van der Waals surface area (Å²) in [4.78, 5) is 13.9. The zero-order valence-electron chi connectivity index (χ0n) is 13.5. The van der Waals surface area contributed by atoms with Gasteiger partial charge >= 0.3 is 0 Å². The van der Waals surface area contributed by atoms with Crippen LogP contribution in [0.15, 0.2) is 28.1 Å². The summed E-state index contributed by atoms with van der Waals surface area (Å²) in [6.07, 6.45) is 0.891. The smallest absolute Gasteiger partial charge is 0.232 e. The summed E-state index contributed by atoms with van der Waals surface area (Å²) >= 11 is 1.66. The minimum Gasteiger partial charge on any atom is -0.361 e. The lowest BCUT2D eigenvalue weighted by atomic mass is 9.93.